The second-order valence-electron chi connectivity index (χ2n) is 8.46. The number of carbonyl (C=O) groups is 1. The molecule has 0 bridgehead atoms. The van der Waals surface area contributed by atoms with Crippen LogP contribution in [-0.4, -0.2) is 54.7 Å². The molecule has 4 rings (SSSR count). The predicted molar refractivity (Wildman–Crippen MR) is 119 cm³/mol. The summed E-state index contributed by atoms with van der Waals surface area (Å²) in [4.78, 5) is 20.3. The minimum absolute atomic E-state index is 0.0391. The first-order valence-corrected chi connectivity index (χ1v) is 12.9. The van der Waals surface area contributed by atoms with Crippen LogP contribution in [0.2, 0.25) is 0 Å². The highest BCUT2D eigenvalue weighted by Gasteiger charge is 2.32. The molecule has 1 saturated heterocycles. The van der Waals surface area contributed by atoms with Gasteiger partial charge in [-0.25, -0.2) is 13.4 Å². The maximum absolute atomic E-state index is 13.2. The summed E-state index contributed by atoms with van der Waals surface area (Å²) in [6, 6.07) is 5.57. The number of fused-ring (bicyclic) bond motifs is 1. The molecule has 2 heterocycles. The second-order valence-corrected chi connectivity index (χ2v) is 11.4. The Morgan fingerprint density at radius 1 is 1.07 bits per heavy atom. The minimum Gasteiger partial charge on any atom is -0.335 e. The number of amides is 1. The number of carbonyl (C=O) groups excluding carboxylic acids is 1. The van der Waals surface area contributed by atoms with Crippen molar-refractivity contribution in [3.8, 4) is 0 Å². The van der Waals surface area contributed by atoms with E-state index < -0.39 is 10.0 Å². The summed E-state index contributed by atoms with van der Waals surface area (Å²) in [5, 5.41) is 0.962. The highest BCUT2D eigenvalue weighted by molar-refractivity contribution is 7.89. The minimum atomic E-state index is -3.54. The highest BCUT2D eigenvalue weighted by atomic mass is 32.2. The third-order valence-corrected chi connectivity index (χ3v) is 9.33. The molecule has 2 aliphatic rings. The van der Waals surface area contributed by atoms with Crippen LogP contribution in [0.25, 0.3) is 0 Å². The molecule has 1 amide bonds. The highest BCUT2D eigenvalue weighted by Crippen LogP contribution is 2.28. The van der Waals surface area contributed by atoms with E-state index in [2.05, 4.69) is 18.8 Å². The summed E-state index contributed by atoms with van der Waals surface area (Å²) in [5.41, 5.74) is 3.20. The van der Waals surface area contributed by atoms with Gasteiger partial charge in [-0.15, -0.1) is 11.3 Å². The van der Waals surface area contributed by atoms with E-state index in [9.17, 15) is 13.2 Å². The fourth-order valence-electron chi connectivity index (χ4n) is 4.16. The van der Waals surface area contributed by atoms with Crippen LogP contribution >= 0.6 is 11.3 Å². The number of aryl methyl sites for hydroxylation is 3. The van der Waals surface area contributed by atoms with Gasteiger partial charge in [0.1, 0.15) is 4.88 Å². The van der Waals surface area contributed by atoms with Crippen molar-refractivity contribution in [3.05, 3.63) is 44.9 Å². The summed E-state index contributed by atoms with van der Waals surface area (Å²) in [6.07, 6.45) is 4.28. The number of thiazole rings is 1. The Bertz CT molecular complexity index is 1050. The largest absolute Gasteiger partial charge is 0.335 e. The molecule has 2 aromatic rings. The van der Waals surface area contributed by atoms with Gasteiger partial charge in [-0.1, -0.05) is 19.9 Å². The monoisotopic (exact) mass is 447 g/mol. The van der Waals surface area contributed by atoms with E-state index in [1.807, 2.05) is 19.1 Å². The molecule has 0 unspecified atom stereocenters. The fraction of sp³-hybridized carbons (Fsp3) is 0.545. The third kappa shape index (κ3) is 4.05. The van der Waals surface area contributed by atoms with Gasteiger partial charge in [0.2, 0.25) is 10.0 Å². The Balaban J connectivity index is 1.45. The summed E-state index contributed by atoms with van der Waals surface area (Å²) in [6.45, 7) is 7.44. The molecule has 162 valence electrons. The molecular weight excluding hydrogens is 418 g/mol. The summed E-state index contributed by atoms with van der Waals surface area (Å²) < 4.78 is 27.8. The number of rotatable bonds is 4. The van der Waals surface area contributed by atoms with Crippen LogP contribution in [0.4, 0.5) is 0 Å². The summed E-state index contributed by atoms with van der Waals surface area (Å²) in [7, 11) is -3.54. The van der Waals surface area contributed by atoms with Crippen LogP contribution in [0.1, 0.15) is 64.1 Å². The lowest BCUT2D eigenvalue weighted by molar-refractivity contribution is 0.0702. The molecule has 0 N–H and O–H groups in total. The first-order valence-electron chi connectivity index (χ1n) is 10.7. The Morgan fingerprint density at radius 2 is 1.73 bits per heavy atom. The molecule has 0 atom stereocenters. The fourth-order valence-corrected chi connectivity index (χ4v) is 6.67. The summed E-state index contributed by atoms with van der Waals surface area (Å²) >= 11 is 1.45. The average Bonchev–Trinajstić information content (AvgIpc) is 3.15. The predicted octanol–water partition coefficient (Wildman–Crippen LogP) is 3.60. The maximum Gasteiger partial charge on any atom is 0.265 e. The van der Waals surface area contributed by atoms with Gasteiger partial charge in [-0.05, 0) is 55.9 Å². The van der Waals surface area contributed by atoms with Gasteiger partial charge in [-0.2, -0.15) is 4.31 Å². The average molecular weight is 448 g/mol. The van der Waals surface area contributed by atoms with Crippen molar-refractivity contribution in [2.24, 2.45) is 0 Å². The number of piperazine rings is 1. The standard InChI is InChI=1S/C22H29N3O3S2/c1-15(2)21-23-16(3)20(29-21)22(26)24-10-12-25(13-11-24)30(27,28)19-9-8-17-6-4-5-7-18(17)14-19/h8-9,14-15H,4-7,10-13H2,1-3H3. The zero-order valence-corrected chi connectivity index (χ0v) is 19.5. The molecule has 6 nitrogen and oxygen atoms in total. The molecule has 1 aliphatic carbocycles. The van der Waals surface area contributed by atoms with Gasteiger partial charge in [0.15, 0.2) is 0 Å². The Morgan fingerprint density at radius 3 is 2.37 bits per heavy atom. The van der Waals surface area contributed by atoms with Gasteiger partial charge < -0.3 is 4.90 Å². The molecule has 8 heteroatoms. The van der Waals surface area contributed by atoms with Crippen molar-refractivity contribution in [1.29, 1.82) is 0 Å². The van der Waals surface area contributed by atoms with Crippen molar-refractivity contribution in [2.75, 3.05) is 26.2 Å². The quantitative estimate of drug-likeness (QED) is 0.718. The molecule has 1 fully saturated rings. The van der Waals surface area contributed by atoms with Gasteiger partial charge in [0.05, 0.1) is 15.6 Å². The number of hydrogen-bond acceptors (Lipinski definition) is 5. The van der Waals surface area contributed by atoms with E-state index in [-0.39, 0.29) is 11.8 Å². The summed E-state index contributed by atoms with van der Waals surface area (Å²) in [5.74, 6) is 0.247. The van der Waals surface area contributed by atoms with Crippen LogP contribution < -0.4 is 0 Å². The lowest BCUT2D eigenvalue weighted by Gasteiger charge is -2.34. The van der Waals surface area contributed by atoms with Crippen molar-refractivity contribution in [2.45, 2.75) is 57.3 Å². The van der Waals surface area contributed by atoms with Gasteiger partial charge in [0.25, 0.3) is 5.91 Å². The Kier molecular flexibility index (Phi) is 6.01. The number of sulfonamides is 1. The first kappa shape index (κ1) is 21.5. The lowest BCUT2D eigenvalue weighted by Crippen LogP contribution is -2.50. The number of nitrogens with zero attached hydrogens (tertiary/aromatic N) is 3. The van der Waals surface area contributed by atoms with Crippen LogP contribution in [0.3, 0.4) is 0 Å². The van der Waals surface area contributed by atoms with Gasteiger partial charge in [0, 0.05) is 32.1 Å². The van der Waals surface area contributed by atoms with E-state index >= 15 is 0 Å². The molecule has 1 aromatic heterocycles. The SMILES string of the molecule is Cc1nc(C(C)C)sc1C(=O)N1CCN(S(=O)(=O)c2ccc3c(c2)CCCC3)CC1. The third-order valence-electron chi connectivity index (χ3n) is 5.98. The number of aromatic nitrogens is 1. The number of benzene rings is 1. The first-order chi connectivity index (χ1) is 14.3. The van der Waals surface area contributed by atoms with Crippen LogP contribution in [0, 0.1) is 6.92 Å². The van der Waals surface area contributed by atoms with Crippen molar-refractivity contribution in [3.63, 3.8) is 0 Å². The second kappa shape index (κ2) is 8.40. The van der Waals surface area contributed by atoms with E-state index in [4.69, 9.17) is 0 Å². The molecule has 1 aliphatic heterocycles. The van der Waals surface area contributed by atoms with E-state index in [1.54, 1.807) is 11.0 Å². The lowest BCUT2D eigenvalue weighted by atomic mass is 9.92. The Labute approximate surface area is 183 Å². The molecular formula is C22H29N3O3S2. The topological polar surface area (TPSA) is 70.6 Å². The smallest absolute Gasteiger partial charge is 0.265 e. The zero-order valence-electron chi connectivity index (χ0n) is 17.8. The normalized spacial score (nSPS) is 17.9. The van der Waals surface area contributed by atoms with Crippen molar-refractivity contribution >= 4 is 27.3 Å². The molecule has 0 spiro atoms. The van der Waals surface area contributed by atoms with E-state index in [1.165, 1.54) is 27.6 Å². The molecule has 1 aromatic carbocycles. The van der Waals surface area contributed by atoms with Crippen LogP contribution in [0.15, 0.2) is 23.1 Å². The number of hydrogen-bond donors (Lipinski definition) is 0. The van der Waals surface area contributed by atoms with E-state index in [0.717, 1.165) is 35.5 Å². The zero-order chi connectivity index (χ0) is 21.5. The molecule has 30 heavy (non-hydrogen) atoms. The van der Waals surface area contributed by atoms with Crippen molar-refractivity contribution in [1.82, 2.24) is 14.2 Å². The van der Waals surface area contributed by atoms with Crippen LogP contribution in [0.5, 0.6) is 0 Å². The molecule has 0 saturated carbocycles. The maximum atomic E-state index is 13.2. The Hall–Kier alpha value is -1.77. The van der Waals surface area contributed by atoms with Crippen molar-refractivity contribution < 1.29 is 13.2 Å². The van der Waals surface area contributed by atoms with Gasteiger partial charge >= 0.3 is 0 Å². The van der Waals surface area contributed by atoms with E-state index in [0.29, 0.717) is 36.0 Å². The van der Waals surface area contributed by atoms with Crippen LogP contribution in [-0.2, 0) is 22.9 Å². The van der Waals surface area contributed by atoms with Gasteiger partial charge in [-0.3, -0.25) is 4.79 Å². The molecule has 0 radical (unpaired) electrons.